The molecule has 1 aromatic heterocycles. The predicted molar refractivity (Wildman–Crippen MR) is 148 cm³/mol. The van der Waals surface area contributed by atoms with Crippen molar-refractivity contribution in [2.75, 3.05) is 23.7 Å². The maximum atomic E-state index is 13.8. The quantitative estimate of drug-likeness (QED) is 0.329. The van der Waals surface area contributed by atoms with Crippen LogP contribution in [0.3, 0.4) is 0 Å². The molecule has 0 fully saturated rings. The number of urea groups is 1. The van der Waals surface area contributed by atoms with Gasteiger partial charge in [-0.2, -0.15) is 0 Å². The van der Waals surface area contributed by atoms with Crippen LogP contribution in [0, 0.1) is 0 Å². The maximum absolute atomic E-state index is 13.8. The highest BCUT2D eigenvalue weighted by molar-refractivity contribution is 6.36. The third-order valence-corrected chi connectivity index (χ3v) is 6.79. The van der Waals surface area contributed by atoms with Crippen LogP contribution in [0.2, 0.25) is 10.0 Å². The first-order chi connectivity index (χ1) is 18.0. The molecular formula is C28H25Cl2N5O2. The molecule has 0 unspecified atom stereocenters. The third kappa shape index (κ3) is 5.63. The van der Waals surface area contributed by atoms with Gasteiger partial charge in [-0.05, 0) is 42.3 Å². The molecule has 0 saturated heterocycles. The second-order valence-electron chi connectivity index (χ2n) is 8.73. The van der Waals surface area contributed by atoms with Crippen LogP contribution in [-0.4, -0.2) is 33.6 Å². The maximum Gasteiger partial charge on any atom is 0.322 e. The molecule has 0 saturated carbocycles. The van der Waals surface area contributed by atoms with Crippen molar-refractivity contribution in [3.63, 3.8) is 0 Å². The smallest absolute Gasteiger partial charge is 0.322 e. The van der Waals surface area contributed by atoms with Crippen LogP contribution in [0.5, 0.6) is 0 Å². The molecule has 5 rings (SSSR count). The Kier molecular flexibility index (Phi) is 7.44. The van der Waals surface area contributed by atoms with Crippen molar-refractivity contribution in [3.05, 3.63) is 116 Å². The van der Waals surface area contributed by atoms with E-state index in [1.165, 1.54) is 5.56 Å². The summed E-state index contributed by atoms with van der Waals surface area (Å²) in [4.78, 5) is 33.2. The average molecular weight is 534 g/mol. The lowest BCUT2D eigenvalue weighted by atomic mass is 10.1. The molecule has 2 N–H and O–H groups in total. The van der Waals surface area contributed by atoms with E-state index in [0.717, 1.165) is 6.42 Å². The van der Waals surface area contributed by atoms with E-state index in [-0.39, 0.29) is 18.1 Å². The lowest BCUT2D eigenvalue weighted by Gasteiger charge is -2.29. The van der Waals surface area contributed by atoms with Crippen LogP contribution in [0.15, 0.2) is 83.7 Å². The first kappa shape index (κ1) is 24.9. The lowest BCUT2D eigenvalue weighted by molar-refractivity contribution is 0.205. The average Bonchev–Trinajstić information content (AvgIpc) is 2.91. The number of nitrogens with one attached hydrogen (secondary N) is 2. The minimum Gasteiger partial charge on any atom is -0.355 e. The molecule has 0 radical (unpaired) electrons. The van der Waals surface area contributed by atoms with Crippen molar-refractivity contribution in [1.82, 2.24) is 14.5 Å². The number of hydrogen-bond donors (Lipinski definition) is 2. The Morgan fingerprint density at radius 1 is 0.973 bits per heavy atom. The standard InChI is InChI=1S/C28H25Cl2N5O2/c29-20-11-12-25(23(30)17-20)33-28(37)34-16-14-24-22(18-34)26(36)35(21-9-5-2-6-10-21)27(32-24)31-15-13-19-7-3-1-4-8-19/h1-12,17H,13-16,18H2,(H,31,32)(H,33,37). The van der Waals surface area contributed by atoms with E-state index in [4.69, 9.17) is 28.2 Å². The van der Waals surface area contributed by atoms with Gasteiger partial charge < -0.3 is 15.5 Å². The molecule has 1 aliphatic rings. The van der Waals surface area contributed by atoms with Gasteiger partial charge in [-0.3, -0.25) is 4.79 Å². The fourth-order valence-electron chi connectivity index (χ4n) is 4.33. The largest absolute Gasteiger partial charge is 0.355 e. The number of amides is 2. The number of aromatic nitrogens is 2. The molecular weight excluding hydrogens is 509 g/mol. The molecule has 0 bridgehead atoms. The molecule has 0 atom stereocenters. The van der Waals surface area contributed by atoms with Crippen molar-refractivity contribution in [3.8, 4) is 5.69 Å². The normalized spacial score (nSPS) is 12.6. The van der Waals surface area contributed by atoms with E-state index in [1.807, 2.05) is 48.5 Å². The van der Waals surface area contributed by atoms with Gasteiger partial charge in [0.15, 0.2) is 0 Å². The van der Waals surface area contributed by atoms with Gasteiger partial charge in [-0.15, -0.1) is 0 Å². The number of anilines is 2. The van der Waals surface area contributed by atoms with E-state index in [0.29, 0.717) is 58.1 Å². The number of halogens is 2. The molecule has 4 aromatic rings. The summed E-state index contributed by atoms with van der Waals surface area (Å²) in [5.41, 5.74) is 3.37. The van der Waals surface area contributed by atoms with Crippen LogP contribution < -0.4 is 16.2 Å². The Labute approximate surface area is 224 Å². The van der Waals surface area contributed by atoms with Gasteiger partial charge >= 0.3 is 6.03 Å². The number of carbonyl (C=O) groups is 1. The van der Waals surface area contributed by atoms with Crippen molar-refractivity contribution < 1.29 is 4.79 Å². The topological polar surface area (TPSA) is 79.3 Å². The number of para-hydroxylation sites is 1. The van der Waals surface area contributed by atoms with E-state index in [9.17, 15) is 9.59 Å². The van der Waals surface area contributed by atoms with Crippen LogP contribution in [0.4, 0.5) is 16.4 Å². The lowest BCUT2D eigenvalue weighted by Crippen LogP contribution is -2.43. The van der Waals surface area contributed by atoms with Crippen molar-refractivity contribution >= 4 is 40.9 Å². The number of carbonyl (C=O) groups excluding carboxylic acids is 1. The van der Waals surface area contributed by atoms with Crippen molar-refractivity contribution in [1.29, 1.82) is 0 Å². The summed E-state index contributed by atoms with van der Waals surface area (Å²) in [5.74, 6) is 0.497. The minimum atomic E-state index is -0.342. The predicted octanol–water partition coefficient (Wildman–Crippen LogP) is 5.78. The van der Waals surface area contributed by atoms with Gasteiger partial charge in [0.1, 0.15) is 0 Å². The molecule has 0 spiro atoms. The zero-order valence-corrected chi connectivity index (χ0v) is 21.5. The molecule has 0 aliphatic carbocycles. The Balaban J connectivity index is 1.41. The number of nitrogens with zero attached hydrogens (tertiary/aromatic N) is 3. The highest BCUT2D eigenvalue weighted by Gasteiger charge is 2.27. The summed E-state index contributed by atoms with van der Waals surface area (Å²) in [5, 5.41) is 7.00. The molecule has 7 nitrogen and oxygen atoms in total. The van der Waals surface area contributed by atoms with E-state index in [2.05, 4.69) is 22.8 Å². The van der Waals surface area contributed by atoms with Gasteiger partial charge in [-0.25, -0.2) is 14.3 Å². The van der Waals surface area contributed by atoms with Gasteiger partial charge in [-0.1, -0.05) is 71.7 Å². The third-order valence-electron chi connectivity index (χ3n) is 6.24. The Bertz CT molecular complexity index is 1480. The monoisotopic (exact) mass is 533 g/mol. The molecule has 2 heterocycles. The van der Waals surface area contributed by atoms with Crippen molar-refractivity contribution in [2.45, 2.75) is 19.4 Å². The van der Waals surface area contributed by atoms with E-state index in [1.54, 1.807) is 27.7 Å². The number of rotatable bonds is 6. The molecule has 9 heteroatoms. The molecule has 188 valence electrons. The van der Waals surface area contributed by atoms with E-state index >= 15 is 0 Å². The minimum absolute atomic E-state index is 0.148. The van der Waals surface area contributed by atoms with Gasteiger partial charge in [0.2, 0.25) is 5.95 Å². The molecule has 1 aliphatic heterocycles. The number of benzene rings is 3. The summed E-state index contributed by atoms with van der Waals surface area (Å²) in [6.45, 7) is 1.20. The SMILES string of the molecule is O=C(Nc1ccc(Cl)cc1Cl)N1CCc2nc(NCCc3ccccc3)n(-c3ccccc3)c(=O)c2C1. The summed E-state index contributed by atoms with van der Waals surface area (Å²) < 4.78 is 1.58. The number of fused-ring (bicyclic) bond motifs is 1. The summed E-state index contributed by atoms with van der Waals surface area (Å²) in [6, 6.07) is 24.1. The van der Waals surface area contributed by atoms with Crippen LogP contribution in [0.25, 0.3) is 5.69 Å². The second-order valence-corrected chi connectivity index (χ2v) is 9.57. The summed E-state index contributed by atoms with van der Waals surface area (Å²) in [6.07, 6.45) is 1.26. The number of hydrogen-bond acceptors (Lipinski definition) is 4. The van der Waals surface area contributed by atoms with Crippen molar-refractivity contribution in [2.24, 2.45) is 0 Å². The Hall–Kier alpha value is -3.81. The zero-order valence-electron chi connectivity index (χ0n) is 20.0. The molecule has 2 amide bonds. The summed E-state index contributed by atoms with van der Waals surface area (Å²) in [7, 11) is 0. The van der Waals surface area contributed by atoms with Crippen LogP contribution >= 0.6 is 23.2 Å². The van der Waals surface area contributed by atoms with Crippen LogP contribution in [0.1, 0.15) is 16.8 Å². The highest BCUT2D eigenvalue weighted by Crippen LogP contribution is 2.26. The summed E-state index contributed by atoms with van der Waals surface area (Å²) >= 11 is 12.2. The van der Waals surface area contributed by atoms with Crippen LogP contribution in [-0.2, 0) is 19.4 Å². The first-order valence-electron chi connectivity index (χ1n) is 12.0. The fourth-order valence-corrected chi connectivity index (χ4v) is 4.79. The fraction of sp³-hybridized carbons (Fsp3) is 0.179. The molecule has 3 aromatic carbocycles. The zero-order chi connectivity index (χ0) is 25.8. The Morgan fingerprint density at radius 3 is 2.43 bits per heavy atom. The van der Waals surface area contributed by atoms with Gasteiger partial charge in [0, 0.05) is 24.5 Å². The first-order valence-corrected chi connectivity index (χ1v) is 12.7. The second kappa shape index (κ2) is 11.1. The van der Waals surface area contributed by atoms with Gasteiger partial charge in [0.05, 0.1) is 34.2 Å². The highest BCUT2D eigenvalue weighted by atomic mass is 35.5. The van der Waals surface area contributed by atoms with Gasteiger partial charge in [0.25, 0.3) is 5.56 Å². The van der Waals surface area contributed by atoms with E-state index < -0.39 is 0 Å². The Morgan fingerprint density at radius 2 is 1.70 bits per heavy atom. The molecule has 37 heavy (non-hydrogen) atoms.